The Balaban J connectivity index is 1.87. The summed E-state index contributed by atoms with van der Waals surface area (Å²) in [5.41, 5.74) is 10.2. The Morgan fingerprint density at radius 2 is 1.80 bits per heavy atom. The van der Waals surface area contributed by atoms with E-state index in [1.807, 2.05) is 37.3 Å². The number of hydrogen-bond acceptors (Lipinski definition) is 7. The molecule has 1 fully saturated rings. The predicted molar refractivity (Wildman–Crippen MR) is 111 cm³/mol. The van der Waals surface area contributed by atoms with Gasteiger partial charge in [-0.25, -0.2) is 0 Å². The molecule has 1 saturated heterocycles. The van der Waals surface area contributed by atoms with Crippen molar-refractivity contribution in [3.63, 3.8) is 0 Å². The highest BCUT2D eigenvalue weighted by Gasteiger charge is 2.46. The van der Waals surface area contributed by atoms with Crippen LogP contribution in [-0.4, -0.2) is 70.5 Å². The minimum absolute atomic E-state index is 0.171. The molecule has 0 aliphatic carbocycles. The molecule has 1 aliphatic heterocycles. The van der Waals surface area contributed by atoms with E-state index in [4.69, 9.17) is 10.5 Å². The number of aliphatic hydroxyl groups excluding tert-OH is 4. The Morgan fingerprint density at radius 1 is 1.10 bits per heavy atom. The number of carbonyl (C=O) groups is 1. The molecule has 2 unspecified atom stereocenters. The number of rotatable bonds is 5. The first kappa shape index (κ1) is 22.4. The monoisotopic (exact) mass is 416 g/mol. The molecule has 0 bridgehead atoms. The van der Waals surface area contributed by atoms with Crippen molar-refractivity contribution in [2.45, 2.75) is 43.5 Å². The lowest BCUT2D eigenvalue weighted by atomic mass is 9.86. The van der Waals surface area contributed by atoms with Crippen molar-refractivity contribution in [2.24, 2.45) is 5.73 Å². The fourth-order valence-corrected chi connectivity index (χ4v) is 3.82. The summed E-state index contributed by atoms with van der Waals surface area (Å²) in [7, 11) is 1.58. The summed E-state index contributed by atoms with van der Waals surface area (Å²) in [5.74, 6) is -0.171. The zero-order valence-electron chi connectivity index (χ0n) is 16.9. The number of carbonyl (C=O) groups excluding carboxylic acids is 1. The zero-order chi connectivity index (χ0) is 22.0. The first-order valence-electron chi connectivity index (χ1n) is 9.77. The Hall–Kier alpha value is -2.33. The van der Waals surface area contributed by atoms with Crippen LogP contribution in [0.15, 0.2) is 42.5 Å². The normalized spacial score (nSPS) is 27.5. The first-order valence-corrected chi connectivity index (χ1v) is 9.77. The van der Waals surface area contributed by atoms with E-state index >= 15 is 0 Å². The molecule has 162 valence electrons. The number of amides is 1. The van der Waals surface area contributed by atoms with Crippen LogP contribution in [0.25, 0.3) is 11.1 Å². The summed E-state index contributed by atoms with van der Waals surface area (Å²) in [6, 6.07) is 12.0. The van der Waals surface area contributed by atoms with E-state index in [2.05, 4.69) is 5.32 Å². The lowest BCUT2D eigenvalue weighted by Crippen LogP contribution is -2.60. The highest BCUT2D eigenvalue weighted by Crippen LogP contribution is 2.32. The molecule has 1 heterocycles. The van der Waals surface area contributed by atoms with Crippen LogP contribution in [0.1, 0.15) is 27.5 Å². The van der Waals surface area contributed by atoms with Gasteiger partial charge < -0.3 is 36.2 Å². The van der Waals surface area contributed by atoms with Crippen LogP contribution in [0.5, 0.6) is 0 Å². The Labute approximate surface area is 174 Å². The summed E-state index contributed by atoms with van der Waals surface area (Å²) in [6.45, 7) is 1.36. The smallest absolute Gasteiger partial charge is 0.251 e. The molecule has 2 aromatic carbocycles. The predicted octanol–water partition coefficient (Wildman–Crippen LogP) is -0.136. The number of aliphatic hydroxyl groups is 4. The molecule has 6 atom stereocenters. The van der Waals surface area contributed by atoms with Crippen molar-refractivity contribution in [3.05, 3.63) is 59.2 Å². The van der Waals surface area contributed by atoms with E-state index in [9.17, 15) is 25.2 Å². The quantitative estimate of drug-likeness (QED) is 0.398. The fraction of sp³-hybridized carbons (Fsp3) is 0.409. The molecule has 7 N–H and O–H groups in total. The number of nitrogens with two attached hydrogens (primary N) is 1. The van der Waals surface area contributed by atoms with Gasteiger partial charge in [0.05, 0.1) is 12.6 Å². The summed E-state index contributed by atoms with van der Waals surface area (Å²) in [6.07, 6.45) is -6.31. The molecule has 3 rings (SSSR count). The van der Waals surface area contributed by atoms with Crippen molar-refractivity contribution in [1.29, 1.82) is 0 Å². The first-order chi connectivity index (χ1) is 14.3. The molecule has 1 amide bonds. The summed E-state index contributed by atoms with van der Waals surface area (Å²) in [4.78, 5) is 11.9. The van der Waals surface area contributed by atoms with Crippen LogP contribution >= 0.6 is 0 Å². The average Bonchev–Trinajstić information content (AvgIpc) is 2.76. The maximum Gasteiger partial charge on any atom is 0.251 e. The zero-order valence-corrected chi connectivity index (χ0v) is 16.9. The van der Waals surface area contributed by atoms with Gasteiger partial charge in [0.25, 0.3) is 5.91 Å². The number of ether oxygens (including phenoxy) is 1. The number of aryl methyl sites for hydroxylation is 1. The second-order valence-electron chi connectivity index (χ2n) is 7.55. The SMILES string of the molecule is CNC(=O)c1cccc(-c2ccc([C@@H](N)[C@H]3OC(CO)[C@@H](O)[C@H](O)C3O)c(C)c2)c1. The molecule has 0 radical (unpaired) electrons. The van der Waals surface area contributed by atoms with E-state index < -0.39 is 43.2 Å². The number of benzene rings is 2. The topological polar surface area (TPSA) is 145 Å². The minimum Gasteiger partial charge on any atom is -0.394 e. The highest BCUT2D eigenvalue weighted by molar-refractivity contribution is 5.95. The van der Waals surface area contributed by atoms with Crippen molar-refractivity contribution in [3.8, 4) is 11.1 Å². The maximum absolute atomic E-state index is 11.9. The molecular weight excluding hydrogens is 388 g/mol. The third kappa shape index (κ3) is 4.24. The van der Waals surface area contributed by atoms with E-state index in [1.165, 1.54) is 0 Å². The molecule has 0 aromatic heterocycles. The van der Waals surface area contributed by atoms with Crippen LogP contribution in [0, 0.1) is 6.92 Å². The lowest BCUT2D eigenvalue weighted by molar-refractivity contribution is -0.234. The van der Waals surface area contributed by atoms with Gasteiger partial charge in [0.15, 0.2) is 0 Å². The highest BCUT2D eigenvalue weighted by atomic mass is 16.5. The van der Waals surface area contributed by atoms with Gasteiger partial charge in [0, 0.05) is 12.6 Å². The Morgan fingerprint density at radius 3 is 2.43 bits per heavy atom. The van der Waals surface area contributed by atoms with Crippen LogP contribution in [-0.2, 0) is 4.74 Å². The molecule has 0 saturated carbocycles. The second kappa shape index (κ2) is 9.22. The summed E-state index contributed by atoms with van der Waals surface area (Å²) < 4.78 is 5.59. The van der Waals surface area contributed by atoms with Crippen LogP contribution in [0.2, 0.25) is 0 Å². The van der Waals surface area contributed by atoms with Crippen molar-refractivity contribution < 1.29 is 30.0 Å². The maximum atomic E-state index is 11.9. The molecule has 2 aromatic rings. The second-order valence-corrected chi connectivity index (χ2v) is 7.55. The molecule has 0 spiro atoms. The molecule has 30 heavy (non-hydrogen) atoms. The Kier molecular flexibility index (Phi) is 6.87. The van der Waals surface area contributed by atoms with Gasteiger partial charge in [-0.2, -0.15) is 0 Å². The Bertz CT molecular complexity index is 903. The van der Waals surface area contributed by atoms with Gasteiger partial charge in [-0.3, -0.25) is 4.79 Å². The summed E-state index contributed by atoms with van der Waals surface area (Å²) in [5, 5.41) is 42.3. The minimum atomic E-state index is -1.47. The van der Waals surface area contributed by atoms with E-state index in [0.29, 0.717) is 11.1 Å². The van der Waals surface area contributed by atoms with Gasteiger partial charge in [0.2, 0.25) is 0 Å². The van der Waals surface area contributed by atoms with E-state index in [1.54, 1.807) is 19.2 Å². The molecule has 8 nitrogen and oxygen atoms in total. The third-order valence-electron chi connectivity index (χ3n) is 5.60. The average molecular weight is 416 g/mol. The van der Waals surface area contributed by atoms with Crippen molar-refractivity contribution in [2.75, 3.05) is 13.7 Å². The molecule has 8 heteroatoms. The van der Waals surface area contributed by atoms with Crippen LogP contribution in [0.3, 0.4) is 0 Å². The largest absolute Gasteiger partial charge is 0.394 e. The van der Waals surface area contributed by atoms with Gasteiger partial charge in [0.1, 0.15) is 30.5 Å². The van der Waals surface area contributed by atoms with Gasteiger partial charge in [-0.1, -0.05) is 30.3 Å². The number of nitrogens with one attached hydrogen (secondary N) is 1. The molecular formula is C22H28N2O6. The van der Waals surface area contributed by atoms with Crippen molar-refractivity contribution >= 4 is 5.91 Å². The fourth-order valence-electron chi connectivity index (χ4n) is 3.82. The van der Waals surface area contributed by atoms with E-state index in [-0.39, 0.29) is 5.91 Å². The standard InChI is InChI=1S/C22H28N2O6/c1-11-8-13(12-4-3-5-14(9-12)22(29)24-2)6-7-15(11)17(23)21-20(28)19(27)18(26)16(10-25)30-21/h3-9,16-21,25-28H,10,23H2,1-2H3,(H,24,29)/t16?,17-,18-,19+,20?,21-/m1/s1. The summed E-state index contributed by atoms with van der Waals surface area (Å²) >= 11 is 0. The van der Waals surface area contributed by atoms with Gasteiger partial charge in [-0.15, -0.1) is 0 Å². The van der Waals surface area contributed by atoms with Crippen LogP contribution in [0.4, 0.5) is 0 Å². The van der Waals surface area contributed by atoms with E-state index in [0.717, 1.165) is 16.7 Å². The van der Waals surface area contributed by atoms with Crippen LogP contribution < -0.4 is 11.1 Å². The lowest BCUT2D eigenvalue weighted by Gasteiger charge is -2.42. The van der Waals surface area contributed by atoms with Gasteiger partial charge in [-0.05, 0) is 41.3 Å². The van der Waals surface area contributed by atoms with Crippen molar-refractivity contribution in [1.82, 2.24) is 5.32 Å². The number of hydrogen-bond donors (Lipinski definition) is 6. The molecule has 1 aliphatic rings. The third-order valence-corrected chi connectivity index (χ3v) is 5.60. The van der Waals surface area contributed by atoms with Gasteiger partial charge >= 0.3 is 0 Å².